The lowest BCUT2D eigenvalue weighted by atomic mass is 10.0. The molecule has 1 N–H and O–H groups in total. The van der Waals surface area contributed by atoms with E-state index in [0.29, 0.717) is 0 Å². The number of rotatable bonds is 4. The van der Waals surface area contributed by atoms with Crippen LogP contribution in [0.5, 0.6) is 0 Å². The zero-order valence-corrected chi connectivity index (χ0v) is 12.7. The standard InChI is InChI=1S/C16H17BrFN/c1-3-15(12-4-6-13(17)7-5-12)19-16-9-8-14(18)10-11(16)2/h4-10,15,19H,3H2,1-2H3. The molecule has 0 radical (unpaired) electrons. The Morgan fingerprint density at radius 3 is 2.42 bits per heavy atom. The quantitative estimate of drug-likeness (QED) is 0.788. The largest absolute Gasteiger partial charge is 0.378 e. The Labute approximate surface area is 122 Å². The molecule has 1 unspecified atom stereocenters. The first-order chi connectivity index (χ1) is 9.10. The minimum atomic E-state index is -0.195. The number of aryl methyl sites for hydroxylation is 1. The molecule has 0 saturated carbocycles. The lowest BCUT2D eigenvalue weighted by Crippen LogP contribution is -2.10. The molecule has 2 aromatic rings. The van der Waals surface area contributed by atoms with Gasteiger partial charge in [0.15, 0.2) is 0 Å². The van der Waals surface area contributed by atoms with Crippen LogP contribution in [-0.2, 0) is 0 Å². The van der Waals surface area contributed by atoms with Crippen LogP contribution in [0.2, 0.25) is 0 Å². The second kappa shape index (κ2) is 6.20. The predicted octanol–water partition coefficient (Wildman–Crippen LogP) is 5.46. The first kappa shape index (κ1) is 14.1. The molecule has 0 spiro atoms. The van der Waals surface area contributed by atoms with Crippen molar-refractivity contribution in [2.45, 2.75) is 26.3 Å². The van der Waals surface area contributed by atoms with Gasteiger partial charge in [-0.25, -0.2) is 4.39 Å². The zero-order chi connectivity index (χ0) is 13.8. The van der Waals surface area contributed by atoms with Crippen molar-refractivity contribution < 1.29 is 4.39 Å². The highest BCUT2D eigenvalue weighted by atomic mass is 79.9. The summed E-state index contributed by atoms with van der Waals surface area (Å²) in [6, 6.07) is 13.4. The van der Waals surface area contributed by atoms with Crippen LogP contribution in [0.3, 0.4) is 0 Å². The van der Waals surface area contributed by atoms with Gasteiger partial charge in [0.05, 0.1) is 6.04 Å². The molecule has 2 aromatic carbocycles. The zero-order valence-electron chi connectivity index (χ0n) is 11.1. The number of hydrogen-bond acceptors (Lipinski definition) is 1. The third kappa shape index (κ3) is 3.57. The highest BCUT2D eigenvalue weighted by Crippen LogP contribution is 2.26. The third-order valence-electron chi connectivity index (χ3n) is 3.20. The van der Waals surface area contributed by atoms with E-state index in [4.69, 9.17) is 0 Å². The second-order valence-corrected chi connectivity index (χ2v) is 5.53. The van der Waals surface area contributed by atoms with Crippen LogP contribution in [0.4, 0.5) is 10.1 Å². The van der Waals surface area contributed by atoms with Gasteiger partial charge in [0, 0.05) is 10.2 Å². The van der Waals surface area contributed by atoms with Crippen LogP contribution in [0, 0.1) is 12.7 Å². The minimum absolute atomic E-state index is 0.195. The molecule has 3 heteroatoms. The van der Waals surface area contributed by atoms with Crippen LogP contribution in [0.25, 0.3) is 0 Å². The third-order valence-corrected chi connectivity index (χ3v) is 3.73. The molecular formula is C16H17BrFN. The summed E-state index contributed by atoms with van der Waals surface area (Å²) in [5.41, 5.74) is 3.14. The number of halogens is 2. The number of hydrogen-bond donors (Lipinski definition) is 1. The summed E-state index contributed by atoms with van der Waals surface area (Å²) in [6.07, 6.45) is 0.971. The maximum atomic E-state index is 13.1. The summed E-state index contributed by atoms with van der Waals surface area (Å²) in [4.78, 5) is 0. The Kier molecular flexibility index (Phi) is 4.59. The van der Waals surface area contributed by atoms with Crippen molar-refractivity contribution >= 4 is 21.6 Å². The molecule has 0 aliphatic heterocycles. The smallest absolute Gasteiger partial charge is 0.123 e. The lowest BCUT2D eigenvalue weighted by molar-refractivity contribution is 0.626. The van der Waals surface area contributed by atoms with E-state index >= 15 is 0 Å². The molecule has 0 aromatic heterocycles. The maximum absolute atomic E-state index is 13.1. The molecule has 0 amide bonds. The van der Waals surface area contributed by atoms with Crippen molar-refractivity contribution in [2.24, 2.45) is 0 Å². The maximum Gasteiger partial charge on any atom is 0.123 e. The Morgan fingerprint density at radius 1 is 1.16 bits per heavy atom. The molecule has 0 aliphatic rings. The van der Waals surface area contributed by atoms with Crippen molar-refractivity contribution in [1.29, 1.82) is 0 Å². The monoisotopic (exact) mass is 321 g/mol. The van der Waals surface area contributed by atoms with E-state index in [1.54, 1.807) is 12.1 Å². The second-order valence-electron chi connectivity index (χ2n) is 4.62. The van der Waals surface area contributed by atoms with Crippen molar-refractivity contribution in [3.63, 3.8) is 0 Å². The van der Waals surface area contributed by atoms with Gasteiger partial charge < -0.3 is 5.32 Å². The first-order valence-electron chi connectivity index (χ1n) is 6.38. The fourth-order valence-corrected chi connectivity index (χ4v) is 2.36. The van der Waals surface area contributed by atoms with Crippen molar-refractivity contribution in [2.75, 3.05) is 5.32 Å². The van der Waals surface area contributed by atoms with Gasteiger partial charge in [0.25, 0.3) is 0 Å². The van der Waals surface area contributed by atoms with E-state index in [0.717, 1.165) is 22.1 Å². The van der Waals surface area contributed by atoms with Gasteiger partial charge in [-0.2, -0.15) is 0 Å². The Hall–Kier alpha value is -1.35. The van der Waals surface area contributed by atoms with E-state index in [1.165, 1.54) is 11.6 Å². The number of anilines is 1. The molecule has 1 atom stereocenters. The van der Waals surface area contributed by atoms with Gasteiger partial charge >= 0.3 is 0 Å². The highest BCUT2D eigenvalue weighted by Gasteiger charge is 2.10. The van der Waals surface area contributed by atoms with Crippen LogP contribution < -0.4 is 5.32 Å². The fourth-order valence-electron chi connectivity index (χ4n) is 2.09. The molecule has 0 saturated heterocycles. The Morgan fingerprint density at radius 2 is 1.84 bits per heavy atom. The molecule has 0 bridgehead atoms. The van der Waals surface area contributed by atoms with Gasteiger partial charge in [0.1, 0.15) is 5.82 Å². The molecule has 0 heterocycles. The molecule has 0 fully saturated rings. The Balaban J connectivity index is 2.21. The highest BCUT2D eigenvalue weighted by molar-refractivity contribution is 9.10. The SMILES string of the molecule is CCC(Nc1ccc(F)cc1C)c1ccc(Br)cc1. The van der Waals surface area contributed by atoms with Crippen LogP contribution in [-0.4, -0.2) is 0 Å². The Bertz CT molecular complexity index is 551. The number of nitrogens with one attached hydrogen (secondary N) is 1. The summed E-state index contributed by atoms with van der Waals surface area (Å²) in [5, 5.41) is 3.48. The summed E-state index contributed by atoms with van der Waals surface area (Å²) in [5.74, 6) is -0.195. The van der Waals surface area contributed by atoms with E-state index in [9.17, 15) is 4.39 Å². The molecule has 2 rings (SSSR count). The number of benzene rings is 2. The average molecular weight is 322 g/mol. The fraction of sp³-hybridized carbons (Fsp3) is 0.250. The van der Waals surface area contributed by atoms with Crippen molar-refractivity contribution in [3.05, 3.63) is 63.9 Å². The summed E-state index contributed by atoms with van der Waals surface area (Å²) < 4.78 is 14.2. The van der Waals surface area contributed by atoms with Gasteiger partial charge in [-0.05, 0) is 54.8 Å². The molecule has 19 heavy (non-hydrogen) atoms. The van der Waals surface area contributed by atoms with E-state index in [-0.39, 0.29) is 11.9 Å². The molecule has 0 aliphatic carbocycles. The molecule has 100 valence electrons. The van der Waals surface area contributed by atoms with Crippen LogP contribution in [0.15, 0.2) is 46.9 Å². The summed E-state index contributed by atoms with van der Waals surface area (Å²) >= 11 is 3.44. The van der Waals surface area contributed by atoms with Crippen molar-refractivity contribution in [1.82, 2.24) is 0 Å². The molecular weight excluding hydrogens is 305 g/mol. The van der Waals surface area contributed by atoms with Gasteiger partial charge in [-0.3, -0.25) is 0 Å². The molecule has 1 nitrogen and oxygen atoms in total. The van der Waals surface area contributed by atoms with E-state index in [1.807, 2.05) is 19.1 Å². The van der Waals surface area contributed by atoms with Gasteiger partial charge in [-0.1, -0.05) is 35.0 Å². The van der Waals surface area contributed by atoms with Crippen LogP contribution in [0.1, 0.15) is 30.5 Å². The van der Waals surface area contributed by atoms with Gasteiger partial charge in [0.2, 0.25) is 0 Å². The van der Waals surface area contributed by atoms with Crippen molar-refractivity contribution in [3.8, 4) is 0 Å². The van der Waals surface area contributed by atoms with E-state index < -0.39 is 0 Å². The normalized spacial score (nSPS) is 12.2. The average Bonchev–Trinajstić information content (AvgIpc) is 2.39. The lowest BCUT2D eigenvalue weighted by Gasteiger charge is -2.20. The first-order valence-corrected chi connectivity index (χ1v) is 7.17. The summed E-state index contributed by atoms with van der Waals surface area (Å²) in [6.45, 7) is 4.05. The topological polar surface area (TPSA) is 12.0 Å². The van der Waals surface area contributed by atoms with Gasteiger partial charge in [-0.15, -0.1) is 0 Å². The van der Waals surface area contributed by atoms with E-state index in [2.05, 4.69) is 40.3 Å². The minimum Gasteiger partial charge on any atom is -0.378 e. The predicted molar refractivity (Wildman–Crippen MR) is 81.9 cm³/mol. The summed E-state index contributed by atoms with van der Waals surface area (Å²) in [7, 11) is 0. The van der Waals surface area contributed by atoms with Crippen LogP contribution >= 0.6 is 15.9 Å².